The van der Waals surface area contributed by atoms with Gasteiger partial charge in [-0.2, -0.15) is 0 Å². The number of anilines is 1. The summed E-state index contributed by atoms with van der Waals surface area (Å²) in [5.41, 5.74) is 1.93. The van der Waals surface area contributed by atoms with E-state index in [-0.39, 0.29) is 17.2 Å². The third-order valence-electron chi connectivity index (χ3n) is 3.10. The third-order valence-corrected chi connectivity index (χ3v) is 3.10. The van der Waals surface area contributed by atoms with Crippen molar-refractivity contribution >= 4 is 11.6 Å². The van der Waals surface area contributed by atoms with Gasteiger partial charge in [-0.3, -0.25) is 4.79 Å². The number of phenols is 1. The zero-order valence-corrected chi connectivity index (χ0v) is 11.4. The van der Waals surface area contributed by atoms with Crippen LogP contribution in [0, 0.1) is 12.7 Å². The minimum atomic E-state index is -0.572. The lowest BCUT2D eigenvalue weighted by atomic mass is 10.1. The van der Waals surface area contributed by atoms with E-state index >= 15 is 0 Å². The maximum Gasteiger partial charge on any atom is 0.262 e. The number of aromatic hydroxyl groups is 1. The summed E-state index contributed by atoms with van der Waals surface area (Å²) in [6, 6.07) is 10.9. The Morgan fingerprint density at radius 1 is 1.20 bits per heavy atom. The smallest absolute Gasteiger partial charge is 0.262 e. The highest BCUT2D eigenvalue weighted by molar-refractivity contribution is 6.07. The number of benzene rings is 2. The van der Waals surface area contributed by atoms with Gasteiger partial charge in [0.05, 0.1) is 5.56 Å². The molecular formula is C16H16FNO2. The van der Waals surface area contributed by atoms with Crippen LogP contribution in [0.4, 0.5) is 10.1 Å². The molecule has 2 aromatic rings. The van der Waals surface area contributed by atoms with Crippen molar-refractivity contribution in [3.63, 3.8) is 0 Å². The van der Waals surface area contributed by atoms with E-state index in [1.165, 1.54) is 11.0 Å². The first-order valence-corrected chi connectivity index (χ1v) is 6.40. The minimum absolute atomic E-state index is 0.0915. The summed E-state index contributed by atoms with van der Waals surface area (Å²) in [5.74, 6) is -1.27. The monoisotopic (exact) mass is 273 g/mol. The Balaban J connectivity index is 2.36. The quantitative estimate of drug-likeness (QED) is 0.929. The van der Waals surface area contributed by atoms with Crippen molar-refractivity contribution in [2.24, 2.45) is 0 Å². The summed E-state index contributed by atoms with van der Waals surface area (Å²) in [7, 11) is 0. The molecule has 104 valence electrons. The second kappa shape index (κ2) is 5.74. The average molecular weight is 273 g/mol. The normalized spacial score (nSPS) is 10.3. The zero-order valence-electron chi connectivity index (χ0n) is 11.4. The fourth-order valence-corrected chi connectivity index (χ4v) is 2.00. The molecule has 0 saturated heterocycles. The number of carbonyl (C=O) groups excluding carboxylic acids is 1. The molecule has 0 unspecified atom stereocenters. The molecule has 0 aliphatic rings. The molecule has 2 aromatic carbocycles. The maximum absolute atomic E-state index is 13.0. The number of phenolic OH excluding ortho intramolecular Hbond substituents is 1. The van der Waals surface area contributed by atoms with Crippen LogP contribution in [0.25, 0.3) is 0 Å². The van der Waals surface area contributed by atoms with Gasteiger partial charge >= 0.3 is 0 Å². The van der Waals surface area contributed by atoms with Crippen LogP contribution in [0.3, 0.4) is 0 Å². The molecule has 3 nitrogen and oxygen atoms in total. The van der Waals surface area contributed by atoms with Crippen molar-refractivity contribution in [1.82, 2.24) is 0 Å². The first-order valence-electron chi connectivity index (χ1n) is 6.40. The van der Waals surface area contributed by atoms with Gasteiger partial charge in [0.25, 0.3) is 5.91 Å². The SMILES string of the molecule is CCN(C(=O)c1ccc(F)cc1O)c1ccc(C)cc1. The maximum atomic E-state index is 13.0. The fourth-order valence-electron chi connectivity index (χ4n) is 2.00. The van der Waals surface area contributed by atoms with E-state index in [1.807, 2.05) is 38.1 Å². The van der Waals surface area contributed by atoms with Gasteiger partial charge in [-0.15, -0.1) is 0 Å². The molecule has 0 radical (unpaired) electrons. The average Bonchev–Trinajstić information content (AvgIpc) is 2.41. The van der Waals surface area contributed by atoms with Gasteiger partial charge in [-0.1, -0.05) is 17.7 Å². The predicted molar refractivity (Wildman–Crippen MR) is 76.6 cm³/mol. The van der Waals surface area contributed by atoms with Gasteiger partial charge in [0, 0.05) is 18.3 Å². The molecule has 0 aliphatic heterocycles. The van der Waals surface area contributed by atoms with E-state index < -0.39 is 5.82 Å². The van der Waals surface area contributed by atoms with Crippen LogP contribution >= 0.6 is 0 Å². The Hall–Kier alpha value is -2.36. The van der Waals surface area contributed by atoms with Crippen LogP contribution in [0.1, 0.15) is 22.8 Å². The van der Waals surface area contributed by atoms with Crippen LogP contribution in [0.5, 0.6) is 5.75 Å². The molecule has 1 N–H and O–H groups in total. The van der Waals surface area contributed by atoms with E-state index in [4.69, 9.17) is 0 Å². The van der Waals surface area contributed by atoms with Gasteiger partial charge < -0.3 is 10.0 Å². The number of hydrogen-bond donors (Lipinski definition) is 1. The number of nitrogens with zero attached hydrogens (tertiary/aromatic N) is 1. The molecule has 0 fully saturated rings. The summed E-state index contributed by atoms with van der Waals surface area (Å²) in [6.07, 6.45) is 0. The van der Waals surface area contributed by atoms with E-state index in [0.717, 1.165) is 23.4 Å². The Morgan fingerprint density at radius 2 is 1.85 bits per heavy atom. The third kappa shape index (κ3) is 2.79. The van der Waals surface area contributed by atoms with Crippen LogP contribution in [-0.4, -0.2) is 17.6 Å². The first kappa shape index (κ1) is 14.1. The number of amides is 1. The van der Waals surface area contributed by atoms with Crippen LogP contribution < -0.4 is 4.90 Å². The first-order chi connectivity index (χ1) is 9.52. The highest BCUT2D eigenvalue weighted by atomic mass is 19.1. The zero-order chi connectivity index (χ0) is 14.7. The Labute approximate surface area is 117 Å². The molecule has 20 heavy (non-hydrogen) atoms. The van der Waals surface area contributed by atoms with E-state index in [1.54, 1.807) is 0 Å². The van der Waals surface area contributed by atoms with Crippen LogP contribution in [0.15, 0.2) is 42.5 Å². The second-order valence-electron chi connectivity index (χ2n) is 4.55. The van der Waals surface area contributed by atoms with Gasteiger partial charge in [-0.05, 0) is 38.1 Å². The largest absolute Gasteiger partial charge is 0.507 e. The summed E-state index contributed by atoms with van der Waals surface area (Å²) in [4.78, 5) is 14.0. The number of halogens is 1. The fraction of sp³-hybridized carbons (Fsp3) is 0.188. The van der Waals surface area contributed by atoms with Crippen molar-refractivity contribution in [3.05, 3.63) is 59.4 Å². The summed E-state index contributed by atoms with van der Waals surface area (Å²) >= 11 is 0. The molecule has 0 aromatic heterocycles. The molecular weight excluding hydrogens is 257 g/mol. The highest BCUT2D eigenvalue weighted by Crippen LogP contribution is 2.23. The van der Waals surface area contributed by atoms with Gasteiger partial charge in [-0.25, -0.2) is 4.39 Å². The molecule has 0 saturated carbocycles. The molecule has 0 atom stereocenters. The predicted octanol–water partition coefficient (Wildman–Crippen LogP) is 3.51. The summed E-state index contributed by atoms with van der Waals surface area (Å²) < 4.78 is 13.0. The van der Waals surface area contributed by atoms with E-state index in [0.29, 0.717) is 6.54 Å². The van der Waals surface area contributed by atoms with Gasteiger partial charge in [0.2, 0.25) is 0 Å². The molecule has 0 spiro atoms. The lowest BCUT2D eigenvalue weighted by molar-refractivity contribution is 0.0985. The summed E-state index contributed by atoms with van der Waals surface area (Å²) in [6.45, 7) is 4.27. The number of carbonyl (C=O) groups is 1. The molecule has 0 aliphatic carbocycles. The van der Waals surface area contributed by atoms with Crippen LogP contribution in [0.2, 0.25) is 0 Å². The Morgan fingerprint density at radius 3 is 2.40 bits per heavy atom. The molecule has 0 bridgehead atoms. The molecule has 0 heterocycles. The Kier molecular flexibility index (Phi) is 4.03. The van der Waals surface area contributed by atoms with Crippen molar-refractivity contribution in [2.45, 2.75) is 13.8 Å². The minimum Gasteiger partial charge on any atom is -0.507 e. The van der Waals surface area contributed by atoms with Crippen molar-refractivity contribution in [2.75, 3.05) is 11.4 Å². The van der Waals surface area contributed by atoms with Crippen LogP contribution in [-0.2, 0) is 0 Å². The molecule has 2 rings (SSSR count). The molecule has 4 heteroatoms. The van der Waals surface area contributed by atoms with E-state index in [9.17, 15) is 14.3 Å². The van der Waals surface area contributed by atoms with Gasteiger partial charge in [0.15, 0.2) is 0 Å². The van der Waals surface area contributed by atoms with Gasteiger partial charge in [0.1, 0.15) is 11.6 Å². The number of hydrogen-bond acceptors (Lipinski definition) is 2. The lowest BCUT2D eigenvalue weighted by Gasteiger charge is -2.21. The number of rotatable bonds is 3. The van der Waals surface area contributed by atoms with Crippen molar-refractivity contribution in [3.8, 4) is 5.75 Å². The topological polar surface area (TPSA) is 40.5 Å². The Bertz CT molecular complexity index is 623. The molecule has 1 amide bonds. The summed E-state index contributed by atoms with van der Waals surface area (Å²) in [5, 5.41) is 9.71. The number of aryl methyl sites for hydroxylation is 1. The van der Waals surface area contributed by atoms with Crippen molar-refractivity contribution in [1.29, 1.82) is 0 Å². The standard InChI is InChI=1S/C16H16FNO2/c1-3-18(13-7-4-11(2)5-8-13)16(20)14-9-6-12(17)10-15(14)19/h4-10,19H,3H2,1-2H3. The van der Waals surface area contributed by atoms with Crippen molar-refractivity contribution < 1.29 is 14.3 Å². The second-order valence-corrected chi connectivity index (χ2v) is 4.55. The van der Waals surface area contributed by atoms with E-state index in [2.05, 4.69) is 0 Å². The lowest BCUT2D eigenvalue weighted by Crippen LogP contribution is -2.30. The highest BCUT2D eigenvalue weighted by Gasteiger charge is 2.19.